The van der Waals surface area contributed by atoms with Gasteiger partial charge in [0.2, 0.25) is 6.29 Å². The number of ether oxygens (including phenoxy) is 11. The van der Waals surface area contributed by atoms with Crippen LogP contribution in [0.5, 0.6) is 0 Å². The first-order valence-electron chi connectivity index (χ1n) is 32.7. The van der Waals surface area contributed by atoms with Crippen molar-refractivity contribution in [2.24, 2.45) is 50.2 Å². The summed E-state index contributed by atoms with van der Waals surface area (Å²) in [5, 5.41) is 178. The molecular weight excluding hydrogens is 1220 g/mol. The van der Waals surface area contributed by atoms with Crippen LogP contribution in [0.2, 0.25) is 0 Å². The topological polar surface area (TPSA) is 459 Å². The molecule has 0 aromatic rings. The van der Waals surface area contributed by atoms with E-state index in [0.717, 1.165) is 5.57 Å². The van der Waals surface area contributed by atoms with Gasteiger partial charge in [-0.3, -0.25) is 9.59 Å². The summed E-state index contributed by atoms with van der Waals surface area (Å²) >= 11 is 0. The number of rotatable bonds is 16. The van der Waals surface area contributed by atoms with Gasteiger partial charge in [0.25, 0.3) is 0 Å². The summed E-state index contributed by atoms with van der Waals surface area (Å²) in [7, 11) is 0. The van der Waals surface area contributed by atoms with Crippen LogP contribution in [0.15, 0.2) is 11.6 Å². The van der Waals surface area contributed by atoms with Crippen molar-refractivity contribution in [1.82, 2.24) is 0 Å². The lowest BCUT2D eigenvalue weighted by Crippen LogP contribution is -2.70. The lowest BCUT2D eigenvalue weighted by Gasteiger charge is -2.72. The molecule has 5 aliphatic heterocycles. The molecule has 92 heavy (non-hydrogen) atoms. The van der Waals surface area contributed by atoms with Crippen LogP contribution in [0.25, 0.3) is 0 Å². The summed E-state index contributed by atoms with van der Waals surface area (Å²) < 4.78 is 66.0. The molecule has 4 saturated carbocycles. The molecule has 5 aliphatic carbocycles. The van der Waals surface area contributed by atoms with Crippen LogP contribution in [-0.4, -0.2) is 285 Å². The van der Waals surface area contributed by atoms with Gasteiger partial charge < -0.3 is 134 Å². The minimum atomic E-state index is -2.06. The largest absolute Gasteiger partial charge is 0.457 e. The van der Waals surface area contributed by atoms with Gasteiger partial charge in [0.1, 0.15) is 90.9 Å². The van der Waals surface area contributed by atoms with Gasteiger partial charge in [-0.15, -0.1) is 0 Å². The fourth-order valence-electron chi connectivity index (χ4n) is 18.5. The number of esters is 2. The molecule has 10 aliphatic rings. The van der Waals surface area contributed by atoms with Gasteiger partial charge in [-0.2, -0.15) is 0 Å². The fourth-order valence-corrected chi connectivity index (χ4v) is 18.5. The van der Waals surface area contributed by atoms with E-state index in [-0.39, 0.29) is 36.5 Å². The Hall–Kier alpha value is -2.32. The van der Waals surface area contributed by atoms with E-state index in [1.54, 1.807) is 0 Å². The predicted octanol–water partition coefficient (Wildman–Crippen LogP) is -3.25. The summed E-state index contributed by atoms with van der Waals surface area (Å²) in [6.45, 7) is 16.2. The zero-order chi connectivity index (χ0) is 67.6. The molecule has 9 fully saturated rings. The number of aliphatic hydroxyl groups is 16. The molecule has 5 heterocycles. The molecule has 528 valence electrons. The van der Waals surface area contributed by atoms with Gasteiger partial charge in [0, 0.05) is 5.41 Å². The summed E-state index contributed by atoms with van der Waals surface area (Å²) in [4.78, 5) is 28.9. The number of hydrogen-bond donors (Lipinski definition) is 16. The molecule has 0 amide bonds. The van der Waals surface area contributed by atoms with Gasteiger partial charge in [0.15, 0.2) is 37.4 Å². The van der Waals surface area contributed by atoms with Crippen molar-refractivity contribution in [3.8, 4) is 0 Å². The molecule has 0 bridgehead atoms. The van der Waals surface area contributed by atoms with Crippen LogP contribution in [0.4, 0.5) is 0 Å². The molecule has 0 spiro atoms. The maximum absolute atomic E-state index is 15.8. The third-order valence-electron chi connectivity index (χ3n) is 23.9. The second kappa shape index (κ2) is 26.7. The number of carbonyl (C=O) groups is 2. The standard InChI is InChI=1S/C63H102O29/c1-24(67)17-36(70)87-48-27(4)84-56(50(45(48)79)90-53-44(78)41(75)47(26(3)83-53)88-55-46(80)49(32(22-65)86-55)89-52-42(76)39(73)37(71)25(2)82-52)92-57(81)63-16-15-58(5,6)18-29(63)28-11-12-34-59(7)19-30(68)51(91-54-43(77)40(74)38(72)31(21-64)85-54)60(8,23-66)33(59)13-14-61(34,9)62(28,10)20-35(63)69/h11,24-27,29-35,37-56,64-69,71-80H,12-23H2,1-10H3. The molecule has 29 nitrogen and oxygen atoms in total. The van der Waals surface area contributed by atoms with Crippen LogP contribution in [0, 0.1) is 50.2 Å². The Morgan fingerprint density at radius 3 is 1.74 bits per heavy atom. The molecule has 16 N–H and O–H groups in total. The van der Waals surface area contributed by atoms with Crippen LogP contribution in [-0.2, 0) is 61.7 Å². The van der Waals surface area contributed by atoms with Gasteiger partial charge >= 0.3 is 11.9 Å². The van der Waals surface area contributed by atoms with E-state index in [1.165, 1.54) is 27.7 Å². The van der Waals surface area contributed by atoms with E-state index in [9.17, 15) is 86.5 Å². The van der Waals surface area contributed by atoms with E-state index in [4.69, 9.17) is 52.1 Å². The average Bonchev–Trinajstić information content (AvgIpc) is 0.742. The highest BCUT2D eigenvalue weighted by atomic mass is 16.8. The molecule has 0 aromatic carbocycles. The number of hydrogen-bond acceptors (Lipinski definition) is 29. The summed E-state index contributed by atoms with van der Waals surface area (Å²) in [6.07, 6.45) is -39.2. The number of carbonyl (C=O) groups excluding carboxylic acids is 2. The van der Waals surface area contributed by atoms with Gasteiger partial charge in [-0.25, -0.2) is 0 Å². The van der Waals surface area contributed by atoms with Gasteiger partial charge in [-0.1, -0.05) is 53.2 Å². The Labute approximate surface area is 534 Å². The average molecular weight is 1320 g/mol. The molecule has 29 heteroatoms. The number of aliphatic hydroxyl groups excluding tert-OH is 16. The molecule has 36 unspecified atom stereocenters. The van der Waals surface area contributed by atoms with Crippen molar-refractivity contribution in [2.75, 3.05) is 19.8 Å². The summed E-state index contributed by atoms with van der Waals surface area (Å²) in [5.41, 5.74) is -4.28. The van der Waals surface area contributed by atoms with Crippen molar-refractivity contribution in [1.29, 1.82) is 0 Å². The highest BCUT2D eigenvalue weighted by molar-refractivity contribution is 5.80. The Kier molecular flexibility index (Phi) is 21.0. The summed E-state index contributed by atoms with van der Waals surface area (Å²) in [5.74, 6) is -2.94. The zero-order valence-corrected chi connectivity index (χ0v) is 53.9. The van der Waals surface area contributed by atoms with Crippen molar-refractivity contribution >= 4 is 11.9 Å². The quantitative estimate of drug-likeness (QED) is 0.0410. The van der Waals surface area contributed by atoms with E-state index in [2.05, 4.69) is 40.7 Å². The predicted molar refractivity (Wildman–Crippen MR) is 310 cm³/mol. The smallest absolute Gasteiger partial charge is 0.317 e. The first kappa shape index (κ1) is 72.4. The van der Waals surface area contributed by atoms with Crippen molar-refractivity contribution in [2.45, 2.75) is 299 Å². The van der Waals surface area contributed by atoms with Crippen LogP contribution < -0.4 is 0 Å². The van der Waals surface area contributed by atoms with Gasteiger partial charge in [-0.05, 0) is 118 Å². The molecule has 5 saturated heterocycles. The highest BCUT2D eigenvalue weighted by Crippen LogP contribution is 2.76. The highest BCUT2D eigenvalue weighted by Gasteiger charge is 2.73. The van der Waals surface area contributed by atoms with E-state index >= 15 is 4.79 Å². The minimum absolute atomic E-state index is 0.0813. The molecule has 0 aromatic heterocycles. The normalized spacial score (nSPS) is 53.7. The van der Waals surface area contributed by atoms with Crippen LogP contribution in [0.3, 0.4) is 0 Å². The first-order chi connectivity index (χ1) is 43.0. The number of fused-ring (bicyclic) bond motifs is 7. The van der Waals surface area contributed by atoms with E-state index in [0.29, 0.717) is 32.1 Å². The Morgan fingerprint density at radius 2 is 1.11 bits per heavy atom. The van der Waals surface area contributed by atoms with Crippen LogP contribution >= 0.6 is 0 Å². The van der Waals surface area contributed by atoms with Gasteiger partial charge in [0.05, 0.1) is 69.0 Å². The molecule has 36 atom stereocenters. The fraction of sp³-hybridized carbons (Fsp3) is 0.937. The van der Waals surface area contributed by atoms with Crippen molar-refractivity contribution < 1.29 is 143 Å². The second-order valence-electron chi connectivity index (χ2n) is 30.2. The van der Waals surface area contributed by atoms with E-state index in [1.807, 2.05) is 6.92 Å². The van der Waals surface area contributed by atoms with Crippen molar-refractivity contribution in [3.63, 3.8) is 0 Å². The van der Waals surface area contributed by atoms with Crippen molar-refractivity contribution in [3.05, 3.63) is 11.6 Å². The van der Waals surface area contributed by atoms with Crippen LogP contribution in [0.1, 0.15) is 127 Å². The molecule has 10 rings (SSSR count). The number of allylic oxidation sites excluding steroid dienone is 2. The SMILES string of the molecule is CC(O)CC(=O)OC1C(C)OC(OC(=O)C23CCC(C)(C)CC2C2=CCC4C5(C)CC(O)C(OC6OC(CO)C(O)C(O)C6O)C(C)(CO)C5CCC4(C)C2(C)CC3O)C(OC2OC(C)C(OC3OC(CO)C(OC4OC(C)C(O)C(O)C4O)C3O)C(O)C2O)C1O. The first-order valence-corrected chi connectivity index (χ1v) is 32.7. The monoisotopic (exact) mass is 1320 g/mol. The zero-order valence-electron chi connectivity index (χ0n) is 53.9. The molecule has 0 radical (unpaired) electrons. The lowest BCUT2D eigenvalue weighted by atomic mass is 9.33. The summed E-state index contributed by atoms with van der Waals surface area (Å²) in [6, 6.07) is 0. The Bertz CT molecular complexity index is 2620. The lowest BCUT2D eigenvalue weighted by molar-refractivity contribution is -0.368. The second-order valence-corrected chi connectivity index (χ2v) is 30.2. The minimum Gasteiger partial charge on any atom is -0.457 e. The van der Waals surface area contributed by atoms with E-state index < -0.39 is 243 Å². The molecular formula is C63H102O29. The third kappa shape index (κ3) is 12.2. The Balaban J connectivity index is 0.899. The third-order valence-corrected chi connectivity index (χ3v) is 23.9. The maximum atomic E-state index is 15.8. The Morgan fingerprint density at radius 1 is 0.554 bits per heavy atom. The maximum Gasteiger partial charge on any atom is 0.317 e.